The smallest absolute Gasteiger partial charge is 0.264 e. The number of amides is 1. The minimum atomic E-state index is -4.43. The van der Waals surface area contributed by atoms with E-state index in [1.165, 1.54) is 24.3 Å². The summed E-state index contributed by atoms with van der Waals surface area (Å²) in [6.07, 6.45) is 1.77. The van der Waals surface area contributed by atoms with Gasteiger partial charge in [-0.25, -0.2) is 21.6 Å². The van der Waals surface area contributed by atoms with Crippen molar-refractivity contribution in [1.82, 2.24) is 14.9 Å². The highest BCUT2D eigenvalue weighted by atomic mass is 35.5. The van der Waals surface area contributed by atoms with Crippen LogP contribution in [0.2, 0.25) is 5.02 Å². The van der Waals surface area contributed by atoms with Crippen molar-refractivity contribution in [1.29, 1.82) is 0 Å². The quantitative estimate of drug-likeness (QED) is 0.0419. The molecule has 1 amide bonds. The first kappa shape index (κ1) is 45.7. The molecular formula is C45H54ClN5O5S3. The highest BCUT2D eigenvalue weighted by Gasteiger charge is 2.25. The van der Waals surface area contributed by atoms with Gasteiger partial charge in [0.2, 0.25) is 0 Å². The van der Waals surface area contributed by atoms with Crippen LogP contribution in [0.5, 0.6) is 0 Å². The van der Waals surface area contributed by atoms with E-state index in [1.807, 2.05) is 66.7 Å². The summed E-state index contributed by atoms with van der Waals surface area (Å²) in [6, 6.07) is 36.8. The van der Waals surface area contributed by atoms with Gasteiger partial charge >= 0.3 is 0 Å². The van der Waals surface area contributed by atoms with Crippen LogP contribution in [0.25, 0.3) is 11.1 Å². The van der Waals surface area contributed by atoms with Gasteiger partial charge in [0.05, 0.1) is 15.5 Å². The van der Waals surface area contributed by atoms with Crippen LogP contribution in [0.1, 0.15) is 50.0 Å². The van der Waals surface area contributed by atoms with Crippen molar-refractivity contribution in [2.75, 3.05) is 42.3 Å². The molecule has 0 saturated carbocycles. The molecular weight excluding hydrogens is 822 g/mol. The Balaban J connectivity index is 1.20. The fourth-order valence-electron chi connectivity index (χ4n) is 6.73. The maximum absolute atomic E-state index is 13.5. The molecule has 0 aromatic heterocycles. The third kappa shape index (κ3) is 13.6. The Morgan fingerprint density at radius 3 is 2.10 bits per heavy atom. The van der Waals surface area contributed by atoms with Gasteiger partial charge in [-0.05, 0) is 118 Å². The van der Waals surface area contributed by atoms with Crippen LogP contribution in [0.15, 0.2) is 136 Å². The number of carbonyl (C=O) groups is 1. The Morgan fingerprint density at radius 1 is 0.780 bits per heavy atom. The van der Waals surface area contributed by atoms with Gasteiger partial charge < -0.3 is 16.0 Å². The second-order valence-corrected chi connectivity index (χ2v) is 20.1. The molecule has 314 valence electrons. The number of thioether (sulfide) groups is 1. The van der Waals surface area contributed by atoms with Crippen molar-refractivity contribution < 1.29 is 21.6 Å². The molecule has 5 rings (SSSR count). The largest absolute Gasteiger partial charge is 0.384 e. The number of anilines is 2. The first-order valence-corrected chi connectivity index (χ1v) is 24.3. The van der Waals surface area contributed by atoms with Crippen molar-refractivity contribution in [2.24, 2.45) is 0 Å². The maximum Gasteiger partial charge on any atom is 0.264 e. The molecule has 4 N–H and O–H groups in total. The number of halogens is 1. The second kappa shape index (κ2) is 21.2. The zero-order chi connectivity index (χ0) is 42.6. The number of hydrogen-bond acceptors (Lipinski definition) is 10. The lowest BCUT2D eigenvalue weighted by molar-refractivity contribution is 0.0981. The first-order valence-electron chi connectivity index (χ1n) is 19.6. The summed E-state index contributed by atoms with van der Waals surface area (Å²) >= 11 is 7.74. The van der Waals surface area contributed by atoms with Crippen LogP contribution in [0, 0.1) is 0 Å². The molecule has 5 aromatic rings. The SMILES string of the molecule is CC(C)N(CC[C@H](CSc1ccccc1)Nc1ccc(S(=O)(=O)NC(=O)c2ccc(NCCNCc3ccccc3-c3ccc(Cl)cc3)cc2)cc1S(C)(=O)=O)C(C)C. The number of sulfone groups is 1. The standard InChI is InChI=1S/C45H54ClN5O5S3/c1-32(2)51(33(3)4)28-25-39(31-57-40-12-7-6-8-13-40)49-43-24-23-41(29-44(43)58(5,53)54)59(55,56)50-45(52)35-17-21-38(22-18-35)48-27-26-47-30-36-11-9-10-14-42(36)34-15-19-37(46)20-16-34/h6-24,29,32-33,39,47-49H,25-28,30-31H2,1-5H3,(H,50,52)/t39-/m1/s1. The van der Waals surface area contributed by atoms with Gasteiger partial charge in [0.25, 0.3) is 15.9 Å². The Kier molecular flexibility index (Phi) is 16.5. The van der Waals surface area contributed by atoms with Gasteiger partial charge in [0.15, 0.2) is 9.84 Å². The number of carbonyl (C=O) groups excluding carboxylic acids is 1. The van der Waals surface area contributed by atoms with E-state index < -0.39 is 25.8 Å². The third-order valence-corrected chi connectivity index (χ3v) is 13.7. The molecule has 0 unspecified atom stereocenters. The van der Waals surface area contributed by atoms with Crippen molar-refractivity contribution in [2.45, 2.75) is 73.5 Å². The number of hydrogen-bond donors (Lipinski definition) is 4. The fraction of sp³-hybridized carbons (Fsp3) is 0.311. The molecule has 0 aliphatic carbocycles. The molecule has 14 heteroatoms. The molecule has 0 spiro atoms. The predicted octanol–water partition coefficient (Wildman–Crippen LogP) is 8.81. The van der Waals surface area contributed by atoms with Gasteiger partial charge in [-0.1, -0.05) is 66.2 Å². The Hall–Kier alpha value is -4.37. The number of rotatable bonds is 21. The van der Waals surface area contributed by atoms with Gasteiger partial charge in [-0.2, -0.15) is 0 Å². The van der Waals surface area contributed by atoms with E-state index in [4.69, 9.17) is 11.6 Å². The van der Waals surface area contributed by atoms with Crippen molar-refractivity contribution in [3.05, 3.63) is 137 Å². The van der Waals surface area contributed by atoms with E-state index in [2.05, 4.69) is 65.4 Å². The summed E-state index contributed by atoms with van der Waals surface area (Å²) in [6.45, 7) is 11.3. The Morgan fingerprint density at radius 2 is 1.44 bits per heavy atom. The van der Waals surface area contributed by atoms with Crippen LogP contribution in [-0.4, -0.2) is 77.4 Å². The van der Waals surface area contributed by atoms with E-state index in [-0.39, 0.29) is 21.4 Å². The van der Waals surface area contributed by atoms with E-state index in [0.717, 1.165) is 52.6 Å². The van der Waals surface area contributed by atoms with Crippen LogP contribution in [0.4, 0.5) is 11.4 Å². The third-order valence-electron chi connectivity index (χ3n) is 9.77. The molecule has 10 nitrogen and oxygen atoms in total. The summed E-state index contributed by atoms with van der Waals surface area (Å²) < 4.78 is 55.3. The summed E-state index contributed by atoms with van der Waals surface area (Å²) in [7, 11) is -8.32. The van der Waals surface area contributed by atoms with Crippen molar-refractivity contribution in [3.8, 4) is 11.1 Å². The average Bonchev–Trinajstić information content (AvgIpc) is 3.20. The fourth-order valence-corrected chi connectivity index (χ4v) is 9.79. The van der Waals surface area contributed by atoms with Gasteiger partial charge in [-0.3, -0.25) is 9.69 Å². The second-order valence-electron chi connectivity index (χ2n) is 14.9. The van der Waals surface area contributed by atoms with E-state index in [0.29, 0.717) is 48.2 Å². The van der Waals surface area contributed by atoms with Crippen LogP contribution in [0.3, 0.4) is 0 Å². The molecule has 0 aliphatic rings. The van der Waals surface area contributed by atoms with Crippen molar-refractivity contribution >= 4 is 60.5 Å². The van der Waals surface area contributed by atoms with Crippen LogP contribution >= 0.6 is 23.4 Å². The first-order chi connectivity index (χ1) is 28.1. The van der Waals surface area contributed by atoms with E-state index in [9.17, 15) is 21.6 Å². The summed E-state index contributed by atoms with van der Waals surface area (Å²) in [5.41, 5.74) is 4.58. The minimum absolute atomic E-state index is 0.133. The molecule has 0 saturated heterocycles. The molecule has 0 heterocycles. The number of nitrogens with zero attached hydrogens (tertiary/aromatic N) is 1. The van der Waals surface area contributed by atoms with Gasteiger partial charge in [0, 0.05) is 77.5 Å². The van der Waals surface area contributed by atoms with E-state index >= 15 is 0 Å². The Labute approximate surface area is 359 Å². The lowest BCUT2D eigenvalue weighted by atomic mass is 10.00. The van der Waals surface area contributed by atoms with Gasteiger partial charge in [0.1, 0.15) is 0 Å². The minimum Gasteiger partial charge on any atom is -0.384 e. The molecule has 1 atom stereocenters. The zero-order valence-corrected chi connectivity index (χ0v) is 37.3. The molecule has 0 aliphatic heterocycles. The predicted molar refractivity (Wildman–Crippen MR) is 244 cm³/mol. The monoisotopic (exact) mass is 875 g/mol. The lowest BCUT2D eigenvalue weighted by Crippen LogP contribution is -2.40. The number of benzene rings is 5. The number of nitrogens with one attached hydrogen (secondary N) is 4. The summed E-state index contributed by atoms with van der Waals surface area (Å²) in [4.78, 5) is 16.1. The number of sulfonamides is 1. The Bertz CT molecular complexity index is 2350. The normalized spacial score (nSPS) is 12.5. The van der Waals surface area contributed by atoms with Crippen LogP contribution in [-0.2, 0) is 26.4 Å². The molecule has 0 bridgehead atoms. The molecule has 0 radical (unpaired) electrons. The summed E-state index contributed by atoms with van der Waals surface area (Å²) in [5.74, 6) is -0.182. The highest BCUT2D eigenvalue weighted by Crippen LogP contribution is 2.29. The molecule has 5 aromatic carbocycles. The zero-order valence-electron chi connectivity index (χ0n) is 34.1. The average molecular weight is 877 g/mol. The van der Waals surface area contributed by atoms with Crippen LogP contribution < -0.4 is 20.7 Å². The maximum atomic E-state index is 13.5. The summed E-state index contributed by atoms with van der Waals surface area (Å²) in [5, 5.41) is 10.9. The van der Waals surface area contributed by atoms with E-state index in [1.54, 1.807) is 23.9 Å². The molecule has 0 fully saturated rings. The topological polar surface area (TPSA) is 137 Å². The van der Waals surface area contributed by atoms with Crippen molar-refractivity contribution in [3.63, 3.8) is 0 Å². The van der Waals surface area contributed by atoms with Gasteiger partial charge in [-0.15, -0.1) is 11.8 Å². The lowest BCUT2D eigenvalue weighted by Gasteiger charge is -2.32. The molecule has 59 heavy (non-hydrogen) atoms. The highest BCUT2D eigenvalue weighted by molar-refractivity contribution is 7.99.